The van der Waals surface area contributed by atoms with Gasteiger partial charge >= 0.3 is 48.4 Å². The maximum Gasteiger partial charge on any atom is 0.462 e. The summed E-state index contributed by atoms with van der Waals surface area (Å²) < 4.78 is 226. The number of hydrogen-bond donors (Lipinski definition) is 0. The van der Waals surface area contributed by atoms with Gasteiger partial charge in [-0.05, 0) is 12.8 Å². The van der Waals surface area contributed by atoms with E-state index in [0.717, 1.165) is 13.8 Å². The second-order valence-electron chi connectivity index (χ2n) is 6.79. The van der Waals surface area contributed by atoms with E-state index in [0.29, 0.717) is 0 Å². The summed E-state index contributed by atoms with van der Waals surface area (Å²) in [6.07, 6.45) is -39.0. The zero-order valence-corrected chi connectivity index (χ0v) is 17.4. The fourth-order valence-electron chi connectivity index (χ4n) is 2.21. The normalized spacial score (nSPS) is 18.0. The number of carbonyl (C=O) groups excluding carboxylic acids is 1. The summed E-state index contributed by atoms with van der Waals surface area (Å²) in [5.41, 5.74) is 0. The van der Waals surface area contributed by atoms with Gasteiger partial charge in [0.1, 0.15) is 0 Å². The molecule has 0 rings (SSSR count). The Morgan fingerprint density at radius 2 is 0.972 bits per heavy atom. The number of nitrogens with zero attached hydrogens (tertiary/aromatic N) is 1. The van der Waals surface area contributed by atoms with Crippen LogP contribution in [0.2, 0.25) is 0 Å². The highest BCUT2D eigenvalue weighted by Gasteiger charge is 2.85. The monoisotopic (exact) mass is 579 g/mol. The molecule has 0 unspecified atom stereocenters. The quantitative estimate of drug-likeness (QED) is 0.262. The van der Waals surface area contributed by atoms with E-state index >= 15 is 0 Å². The highest BCUT2D eigenvalue weighted by atomic mass is 19.4. The number of amides is 1. The molecule has 0 bridgehead atoms. The summed E-state index contributed by atoms with van der Waals surface area (Å²) in [6.45, 7) is 0.420. The van der Waals surface area contributed by atoms with Crippen LogP contribution in [0.3, 0.4) is 0 Å². The smallest absolute Gasteiger partial charge is 0.337 e. The zero-order valence-electron chi connectivity index (χ0n) is 17.4. The lowest BCUT2D eigenvalue weighted by atomic mass is 10.2. The fraction of sp³-hybridized carbons (Fsp3) is 0.933. The lowest BCUT2D eigenvalue weighted by Crippen LogP contribution is -2.69. The van der Waals surface area contributed by atoms with Crippen LogP contribution in [-0.4, -0.2) is 72.3 Å². The van der Waals surface area contributed by atoms with Crippen LogP contribution < -0.4 is 0 Å². The Morgan fingerprint density at radius 3 is 1.25 bits per heavy atom. The van der Waals surface area contributed by atoms with Crippen LogP contribution in [0.4, 0.5) is 74.6 Å². The van der Waals surface area contributed by atoms with Gasteiger partial charge in [-0.3, -0.25) is 14.3 Å². The van der Waals surface area contributed by atoms with Crippen molar-refractivity contribution in [2.45, 2.75) is 75.1 Å². The van der Waals surface area contributed by atoms with E-state index in [9.17, 15) is 79.4 Å². The molecular weight excluding hydrogens is 565 g/mol. The Hall–Kier alpha value is -1.80. The maximum absolute atomic E-state index is 14.5. The van der Waals surface area contributed by atoms with Gasteiger partial charge in [0.15, 0.2) is 0 Å². The predicted molar refractivity (Wildman–Crippen MR) is 80.0 cm³/mol. The van der Waals surface area contributed by atoms with Crippen molar-refractivity contribution in [2.75, 3.05) is 13.1 Å². The van der Waals surface area contributed by atoms with Crippen LogP contribution in [0.15, 0.2) is 0 Å². The van der Waals surface area contributed by atoms with Gasteiger partial charge in [0.25, 0.3) is 5.91 Å². The van der Waals surface area contributed by atoms with Crippen molar-refractivity contribution in [3.63, 3.8) is 0 Å². The van der Waals surface area contributed by atoms with Gasteiger partial charge in [-0.2, -0.15) is 74.6 Å². The number of carbonyl (C=O) groups is 1. The Balaban J connectivity index is 6.88. The van der Waals surface area contributed by atoms with E-state index in [1.807, 2.05) is 0 Å². The molecule has 216 valence electrons. The van der Waals surface area contributed by atoms with E-state index in [1.165, 1.54) is 4.74 Å². The first-order valence-electron chi connectivity index (χ1n) is 9.00. The average Bonchev–Trinajstić information content (AvgIpc) is 2.63. The number of halogens is 17. The number of ether oxygens (including phenoxy) is 2. The second-order valence-corrected chi connectivity index (χ2v) is 6.79. The molecule has 21 heteroatoms. The Bertz CT molecular complexity index is 756. The van der Waals surface area contributed by atoms with E-state index in [4.69, 9.17) is 0 Å². The summed E-state index contributed by atoms with van der Waals surface area (Å²) in [6, 6.07) is 0. The third kappa shape index (κ3) is 6.18. The molecule has 2 atom stereocenters. The molecule has 0 saturated heterocycles. The van der Waals surface area contributed by atoms with E-state index < -0.39 is 67.4 Å². The van der Waals surface area contributed by atoms with Crippen LogP contribution in [0, 0.1) is 0 Å². The van der Waals surface area contributed by atoms with Crippen molar-refractivity contribution in [2.24, 2.45) is 0 Å². The van der Waals surface area contributed by atoms with E-state index in [2.05, 4.69) is 4.74 Å². The molecule has 0 aromatic heterocycles. The van der Waals surface area contributed by atoms with Crippen molar-refractivity contribution >= 4 is 5.91 Å². The first-order chi connectivity index (χ1) is 15.6. The minimum absolute atomic E-state index is 0.260. The molecule has 0 saturated carbocycles. The molecule has 0 spiro atoms. The molecular formula is C15H14F17NO3. The number of rotatable bonds is 11. The van der Waals surface area contributed by atoms with Crippen LogP contribution in [0.1, 0.15) is 26.7 Å². The summed E-state index contributed by atoms with van der Waals surface area (Å²) in [5, 5.41) is 0. The molecule has 4 nitrogen and oxygen atoms in total. The molecule has 0 aromatic carbocycles. The summed E-state index contributed by atoms with van der Waals surface area (Å²) >= 11 is 0. The van der Waals surface area contributed by atoms with Gasteiger partial charge in [-0.1, -0.05) is 13.8 Å². The molecule has 1 amide bonds. The van der Waals surface area contributed by atoms with Gasteiger partial charge in [0.05, 0.1) is 0 Å². The van der Waals surface area contributed by atoms with Gasteiger partial charge in [-0.15, -0.1) is 0 Å². The van der Waals surface area contributed by atoms with Gasteiger partial charge in [-0.25, -0.2) is 0 Å². The molecule has 0 heterocycles. The van der Waals surface area contributed by atoms with Crippen LogP contribution in [0.25, 0.3) is 0 Å². The Morgan fingerprint density at radius 1 is 0.583 bits per heavy atom. The number of alkyl halides is 17. The third-order valence-corrected chi connectivity index (χ3v) is 3.91. The fourth-order valence-corrected chi connectivity index (χ4v) is 2.21. The standard InChI is InChI=1S/C15H14F17NO3/c1-3-5-33(6-4-2)7(34)8(16,11(20,21)22)35-15(31,32)10(19,13(26,27)28)36-14(29,30)9(17,18)12(23,24)25/h3-6H2,1-2H3/t8-,10-/m0/s1. The molecule has 0 fully saturated rings. The minimum Gasteiger partial charge on any atom is -0.337 e. The first kappa shape index (κ1) is 34.2. The molecule has 0 aliphatic heterocycles. The summed E-state index contributed by atoms with van der Waals surface area (Å²) in [7, 11) is 0. The van der Waals surface area contributed by atoms with Crippen molar-refractivity contribution < 1.29 is 88.9 Å². The average molecular weight is 579 g/mol. The van der Waals surface area contributed by atoms with Gasteiger partial charge < -0.3 is 4.90 Å². The first-order valence-corrected chi connectivity index (χ1v) is 9.00. The van der Waals surface area contributed by atoms with Crippen molar-refractivity contribution in [3.05, 3.63) is 0 Å². The van der Waals surface area contributed by atoms with E-state index in [1.54, 1.807) is 0 Å². The molecule has 36 heavy (non-hydrogen) atoms. The van der Waals surface area contributed by atoms with Gasteiger partial charge in [0.2, 0.25) is 0 Å². The van der Waals surface area contributed by atoms with Gasteiger partial charge in [0, 0.05) is 13.1 Å². The third-order valence-electron chi connectivity index (χ3n) is 3.91. The van der Waals surface area contributed by atoms with Crippen LogP contribution >= 0.6 is 0 Å². The highest BCUT2D eigenvalue weighted by molar-refractivity contribution is 5.84. The van der Waals surface area contributed by atoms with Crippen LogP contribution in [0.5, 0.6) is 0 Å². The van der Waals surface area contributed by atoms with Crippen molar-refractivity contribution in [3.8, 4) is 0 Å². The predicted octanol–water partition coefficient (Wildman–Crippen LogP) is 6.51. The summed E-state index contributed by atoms with van der Waals surface area (Å²) in [5.74, 6) is -25.8. The minimum atomic E-state index is -8.01. The SMILES string of the molecule is CCCN(CCC)C(=O)[C@](F)(OC(F)(F)[C@@](F)(OC(F)(F)C(F)(F)C(F)(F)F)C(F)(F)F)C(F)(F)F. The summed E-state index contributed by atoms with van der Waals surface area (Å²) in [4.78, 5) is 11.7. The Labute approximate surface area is 189 Å². The number of hydrogen-bond acceptors (Lipinski definition) is 3. The largest absolute Gasteiger partial charge is 0.462 e. The Kier molecular flexibility index (Phi) is 9.65. The van der Waals surface area contributed by atoms with E-state index in [-0.39, 0.29) is 17.7 Å². The molecule has 0 radical (unpaired) electrons. The lowest BCUT2D eigenvalue weighted by Gasteiger charge is -2.41. The molecule has 0 N–H and O–H groups in total. The van der Waals surface area contributed by atoms with Crippen molar-refractivity contribution in [1.29, 1.82) is 0 Å². The molecule has 0 aliphatic rings. The lowest BCUT2D eigenvalue weighted by molar-refractivity contribution is -0.548. The van der Waals surface area contributed by atoms with Crippen LogP contribution in [-0.2, 0) is 14.3 Å². The maximum atomic E-state index is 14.5. The zero-order chi connectivity index (χ0) is 29.4. The molecule has 0 aliphatic carbocycles. The van der Waals surface area contributed by atoms with Crippen molar-refractivity contribution in [1.82, 2.24) is 4.90 Å². The topological polar surface area (TPSA) is 38.8 Å². The molecule has 0 aromatic rings. The second kappa shape index (κ2) is 10.2. The highest BCUT2D eigenvalue weighted by Crippen LogP contribution is 2.56.